The van der Waals surface area contributed by atoms with Crippen LogP contribution in [0.4, 0.5) is 0 Å². The maximum absolute atomic E-state index is 12.6. The van der Waals surface area contributed by atoms with Crippen LogP contribution in [0.1, 0.15) is 16.9 Å². The fraction of sp³-hybridized carbons (Fsp3) is 0.333. The third kappa shape index (κ3) is 2.74. The molecule has 0 bridgehead atoms. The van der Waals surface area contributed by atoms with Crippen molar-refractivity contribution in [3.8, 4) is 0 Å². The Hall–Kier alpha value is -1.63. The molecule has 1 aromatic carbocycles. The third-order valence-corrected chi connectivity index (χ3v) is 5.54. The molecule has 6 heteroatoms. The molecule has 0 radical (unpaired) electrons. The maximum Gasteiger partial charge on any atom is 0.276 e. The molecule has 0 saturated heterocycles. The second-order valence-corrected chi connectivity index (χ2v) is 6.92. The van der Waals surface area contributed by atoms with Gasteiger partial charge in [0.25, 0.3) is 10.0 Å². The maximum atomic E-state index is 12.6. The zero-order chi connectivity index (χ0) is 14.9. The summed E-state index contributed by atoms with van der Waals surface area (Å²) in [5.74, 6) is 0.256. The van der Waals surface area contributed by atoms with Gasteiger partial charge in [-0.25, -0.2) is 8.42 Å². The Morgan fingerprint density at radius 1 is 1.05 bits per heavy atom. The number of sulfonamides is 1. The van der Waals surface area contributed by atoms with E-state index in [9.17, 15) is 8.42 Å². The minimum Gasteiger partial charge on any atom is -0.446 e. The van der Waals surface area contributed by atoms with Crippen molar-refractivity contribution in [2.45, 2.75) is 24.5 Å². The van der Waals surface area contributed by atoms with E-state index in [0.717, 1.165) is 0 Å². The summed E-state index contributed by atoms with van der Waals surface area (Å²) in [6, 6.07) is 10.9. The molecule has 2 aromatic rings. The Labute approximate surface area is 123 Å². The molecule has 0 spiro atoms. The van der Waals surface area contributed by atoms with Crippen molar-refractivity contribution >= 4 is 10.0 Å². The first kappa shape index (κ1) is 14.3. The van der Waals surface area contributed by atoms with E-state index < -0.39 is 10.0 Å². The van der Waals surface area contributed by atoms with Crippen LogP contribution >= 0.6 is 0 Å². The molecular formula is C15H17NO4S. The number of aliphatic hydroxyl groups excluding tert-OH is 1. The molecule has 1 aliphatic heterocycles. The van der Waals surface area contributed by atoms with Crippen molar-refractivity contribution in [3.05, 3.63) is 53.3 Å². The van der Waals surface area contributed by atoms with Crippen LogP contribution in [-0.2, 0) is 29.5 Å². The molecule has 112 valence electrons. The SMILES string of the molecule is O=S(=O)(c1ccc(CO)o1)N1CCc2ccccc2CC1. The van der Waals surface area contributed by atoms with Gasteiger partial charge in [-0.3, -0.25) is 0 Å². The molecule has 0 unspecified atom stereocenters. The van der Waals surface area contributed by atoms with Gasteiger partial charge in [-0.1, -0.05) is 24.3 Å². The smallest absolute Gasteiger partial charge is 0.276 e. The van der Waals surface area contributed by atoms with Crippen LogP contribution in [0, 0.1) is 0 Å². The highest BCUT2D eigenvalue weighted by atomic mass is 32.2. The van der Waals surface area contributed by atoms with Crippen LogP contribution in [0.2, 0.25) is 0 Å². The first-order chi connectivity index (χ1) is 10.1. The summed E-state index contributed by atoms with van der Waals surface area (Å²) in [7, 11) is -3.64. The van der Waals surface area contributed by atoms with Crippen LogP contribution in [0.15, 0.2) is 45.9 Å². The molecule has 1 N–H and O–H groups in total. The van der Waals surface area contributed by atoms with Crippen molar-refractivity contribution in [1.82, 2.24) is 4.31 Å². The molecule has 2 heterocycles. The van der Waals surface area contributed by atoms with Crippen LogP contribution in [0.25, 0.3) is 0 Å². The molecule has 5 nitrogen and oxygen atoms in total. The Balaban J connectivity index is 1.84. The summed E-state index contributed by atoms with van der Waals surface area (Å²) in [6.45, 7) is 0.573. The van der Waals surface area contributed by atoms with E-state index >= 15 is 0 Å². The molecule has 21 heavy (non-hydrogen) atoms. The average molecular weight is 307 g/mol. The highest BCUT2D eigenvalue weighted by Crippen LogP contribution is 2.23. The van der Waals surface area contributed by atoms with Gasteiger partial charge in [-0.05, 0) is 36.1 Å². The molecule has 0 aliphatic carbocycles. The Kier molecular flexibility index (Phi) is 3.84. The number of furan rings is 1. The molecule has 0 saturated carbocycles. The highest BCUT2D eigenvalue weighted by Gasteiger charge is 2.29. The lowest BCUT2D eigenvalue weighted by atomic mass is 10.0. The van der Waals surface area contributed by atoms with E-state index in [4.69, 9.17) is 9.52 Å². The zero-order valence-corrected chi connectivity index (χ0v) is 12.3. The normalized spacial score (nSPS) is 16.4. The Bertz CT molecular complexity index is 709. The number of nitrogens with zero attached hydrogens (tertiary/aromatic N) is 1. The fourth-order valence-corrected chi connectivity index (χ4v) is 3.97. The minimum atomic E-state index is -3.64. The second kappa shape index (κ2) is 5.63. The Morgan fingerprint density at radius 2 is 1.67 bits per heavy atom. The molecule has 0 fully saturated rings. The van der Waals surface area contributed by atoms with Gasteiger partial charge in [0.05, 0.1) is 0 Å². The van der Waals surface area contributed by atoms with E-state index in [2.05, 4.69) is 0 Å². The molecule has 1 aliphatic rings. The molecule has 3 rings (SSSR count). The number of fused-ring (bicyclic) bond motifs is 1. The van der Waals surface area contributed by atoms with E-state index in [-0.39, 0.29) is 17.5 Å². The van der Waals surface area contributed by atoms with Crippen molar-refractivity contribution in [2.24, 2.45) is 0 Å². The molecule has 0 atom stereocenters. The number of benzene rings is 1. The zero-order valence-electron chi connectivity index (χ0n) is 11.5. The van der Waals surface area contributed by atoms with Crippen LogP contribution in [-0.4, -0.2) is 30.9 Å². The van der Waals surface area contributed by atoms with E-state index in [0.29, 0.717) is 25.9 Å². The average Bonchev–Trinajstić information content (AvgIpc) is 2.87. The highest BCUT2D eigenvalue weighted by molar-refractivity contribution is 7.89. The standard InChI is InChI=1S/C15H17NO4S/c17-11-14-5-6-15(20-14)21(18,19)16-9-7-12-3-1-2-4-13(12)8-10-16/h1-6,17H,7-11H2. The van der Waals surface area contributed by atoms with Crippen LogP contribution in [0.3, 0.4) is 0 Å². The summed E-state index contributed by atoms with van der Waals surface area (Å²) in [5.41, 5.74) is 2.40. The summed E-state index contributed by atoms with van der Waals surface area (Å²) in [4.78, 5) is 0. The van der Waals surface area contributed by atoms with Gasteiger partial charge in [-0.2, -0.15) is 4.31 Å². The van der Waals surface area contributed by atoms with E-state index in [1.54, 1.807) is 0 Å². The lowest BCUT2D eigenvalue weighted by Crippen LogP contribution is -2.33. The number of hydrogen-bond acceptors (Lipinski definition) is 4. The van der Waals surface area contributed by atoms with Crippen LogP contribution in [0.5, 0.6) is 0 Å². The first-order valence-electron chi connectivity index (χ1n) is 6.88. The van der Waals surface area contributed by atoms with Gasteiger partial charge < -0.3 is 9.52 Å². The van der Waals surface area contributed by atoms with Crippen molar-refractivity contribution in [1.29, 1.82) is 0 Å². The number of rotatable bonds is 3. The predicted octanol–water partition coefficient (Wildman–Crippen LogP) is 1.56. The predicted molar refractivity (Wildman–Crippen MR) is 77.2 cm³/mol. The first-order valence-corrected chi connectivity index (χ1v) is 8.32. The van der Waals surface area contributed by atoms with Gasteiger partial charge in [-0.15, -0.1) is 0 Å². The Morgan fingerprint density at radius 3 is 2.19 bits per heavy atom. The van der Waals surface area contributed by atoms with Crippen LogP contribution < -0.4 is 0 Å². The summed E-state index contributed by atoms with van der Waals surface area (Å²) >= 11 is 0. The van der Waals surface area contributed by atoms with Crippen molar-refractivity contribution in [3.63, 3.8) is 0 Å². The number of aliphatic hydroxyl groups is 1. The van der Waals surface area contributed by atoms with E-state index in [1.165, 1.54) is 27.6 Å². The fourth-order valence-electron chi connectivity index (χ4n) is 2.60. The quantitative estimate of drug-likeness (QED) is 0.934. The number of hydrogen-bond donors (Lipinski definition) is 1. The third-order valence-electron chi connectivity index (χ3n) is 3.77. The lowest BCUT2D eigenvalue weighted by Gasteiger charge is -2.18. The van der Waals surface area contributed by atoms with Gasteiger partial charge in [0.1, 0.15) is 12.4 Å². The monoisotopic (exact) mass is 307 g/mol. The van der Waals surface area contributed by atoms with Gasteiger partial charge in [0, 0.05) is 13.1 Å². The molecule has 0 amide bonds. The lowest BCUT2D eigenvalue weighted by molar-refractivity contribution is 0.235. The summed E-state index contributed by atoms with van der Waals surface area (Å²) in [5, 5.41) is 8.89. The minimum absolute atomic E-state index is 0.0995. The second-order valence-electron chi connectivity index (χ2n) is 5.05. The van der Waals surface area contributed by atoms with Crippen molar-refractivity contribution < 1.29 is 17.9 Å². The largest absolute Gasteiger partial charge is 0.446 e. The molecule has 1 aromatic heterocycles. The topological polar surface area (TPSA) is 70.8 Å². The van der Waals surface area contributed by atoms with E-state index in [1.807, 2.05) is 24.3 Å². The van der Waals surface area contributed by atoms with Gasteiger partial charge >= 0.3 is 0 Å². The van der Waals surface area contributed by atoms with Gasteiger partial charge in [0.2, 0.25) is 5.09 Å². The van der Waals surface area contributed by atoms with Crippen molar-refractivity contribution in [2.75, 3.05) is 13.1 Å². The summed E-state index contributed by atoms with van der Waals surface area (Å²) < 4.78 is 31.8. The van der Waals surface area contributed by atoms with Gasteiger partial charge in [0.15, 0.2) is 0 Å². The summed E-state index contributed by atoms with van der Waals surface area (Å²) in [6.07, 6.45) is 1.39. The molecular weight excluding hydrogens is 290 g/mol.